The van der Waals surface area contributed by atoms with Crippen LogP contribution < -0.4 is 10.6 Å². The number of aromatic nitrogens is 1. The Morgan fingerprint density at radius 3 is 2.17 bits per heavy atom. The predicted molar refractivity (Wildman–Crippen MR) is 84.2 cm³/mol. The number of amides is 2. The molecule has 0 bridgehead atoms. The van der Waals surface area contributed by atoms with Crippen LogP contribution in [0.5, 0.6) is 0 Å². The van der Waals surface area contributed by atoms with Crippen LogP contribution >= 0.6 is 0 Å². The van der Waals surface area contributed by atoms with E-state index in [4.69, 9.17) is 0 Å². The number of alkyl halides is 3. The summed E-state index contributed by atoms with van der Waals surface area (Å²) in [5.74, 6) is 0. The number of halogens is 3. The Balaban J connectivity index is 1.99. The highest BCUT2D eigenvalue weighted by atomic mass is 19.4. The molecule has 2 N–H and O–H groups in total. The molecule has 1 aromatic heterocycles. The topological polar surface area (TPSA) is 54.0 Å². The SMILES string of the molecule is CC(NC(=O)NC(C)c1cccc(C(F)(F)F)c1)c1ccncc1. The zero-order valence-electron chi connectivity index (χ0n) is 13.3. The average Bonchev–Trinajstić information content (AvgIpc) is 2.54. The lowest BCUT2D eigenvalue weighted by Gasteiger charge is -2.19. The van der Waals surface area contributed by atoms with Gasteiger partial charge in [-0.25, -0.2) is 4.79 Å². The predicted octanol–water partition coefficient (Wildman–Crippen LogP) is 4.22. The molecule has 128 valence electrons. The van der Waals surface area contributed by atoms with E-state index in [2.05, 4.69) is 15.6 Å². The van der Waals surface area contributed by atoms with Crippen molar-refractivity contribution in [2.24, 2.45) is 0 Å². The van der Waals surface area contributed by atoms with Crippen LogP contribution in [0.4, 0.5) is 18.0 Å². The summed E-state index contributed by atoms with van der Waals surface area (Å²) < 4.78 is 38.2. The van der Waals surface area contributed by atoms with Crippen LogP contribution in [-0.2, 0) is 6.18 Å². The molecular formula is C17H18F3N3O. The van der Waals surface area contributed by atoms with Crippen LogP contribution in [0.25, 0.3) is 0 Å². The van der Waals surface area contributed by atoms with E-state index in [0.29, 0.717) is 5.56 Å². The lowest BCUT2D eigenvalue weighted by Crippen LogP contribution is -2.38. The van der Waals surface area contributed by atoms with Gasteiger partial charge in [0.05, 0.1) is 17.6 Å². The van der Waals surface area contributed by atoms with Crippen molar-refractivity contribution in [3.63, 3.8) is 0 Å². The summed E-state index contributed by atoms with van der Waals surface area (Å²) in [5, 5.41) is 5.38. The number of carbonyl (C=O) groups excluding carboxylic acids is 1. The van der Waals surface area contributed by atoms with Crippen LogP contribution in [-0.4, -0.2) is 11.0 Å². The average molecular weight is 337 g/mol. The van der Waals surface area contributed by atoms with Crippen molar-refractivity contribution < 1.29 is 18.0 Å². The Hall–Kier alpha value is -2.57. The Morgan fingerprint density at radius 1 is 1.00 bits per heavy atom. The second kappa shape index (κ2) is 7.33. The van der Waals surface area contributed by atoms with Gasteiger partial charge in [-0.2, -0.15) is 13.2 Å². The fourth-order valence-electron chi connectivity index (χ4n) is 2.24. The summed E-state index contributed by atoms with van der Waals surface area (Å²) in [4.78, 5) is 15.9. The fourth-order valence-corrected chi connectivity index (χ4v) is 2.24. The van der Waals surface area contributed by atoms with Crippen molar-refractivity contribution in [1.82, 2.24) is 15.6 Å². The first-order valence-corrected chi connectivity index (χ1v) is 7.41. The third-order valence-corrected chi connectivity index (χ3v) is 3.62. The van der Waals surface area contributed by atoms with Crippen molar-refractivity contribution in [2.75, 3.05) is 0 Å². The number of pyridine rings is 1. The third kappa shape index (κ3) is 4.71. The first-order valence-electron chi connectivity index (χ1n) is 7.41. The molecule has 24 heavy (non-hydrogen) atoms. The minimum atomic E-state index is -4.41. The van der Waals surface area contributed by atoms with Crippen LogP contribution in [0.15, 0.2) is 48.8 Å². The largest absolute Gasteiger partial charge is 0.416 e. The summed E-state index contributed by atoms with van der Waals surface area (Å²) in [6.45, 7) is 3.44. The molecule has 1 aromatic carbocycles. The van der Waals surface area contributed by atoms with Crippen molar-refractivity contribution in [1.29, 1.82) is 0 Å². The molecule has 0 aliphatic heterocycles. The maximum atomic E-state index is 12.7. The summed E-state index contributed by atoms with van der Waals surface area (Å²) in [6, 6.07) is 7.21. The standard InChI is InChI=1S/C17H18F3N3O/c1-11(13-6-8-21-9-7-13)22-16(24)23-12(2)14-4-3-5-15(10-14)17(18,19)20/h3-12H,1-2H3,(H2,22,23,24). The number of carbonyl (C=O) groups is 1. The number of nitrogens with one attached hydrogen (secondary N) is 2. The minimum absolute atomic E-state index is 0.248. The Bertz CT molecular complexity index is 689. The molecule has 2 amide bonds. The molecular weight excluding hydrogens is 319 g/mol. The van der Waals surface area contributed by atoms with Crippen molar-refractivity contribution in [3.05, 3.63) is 65.5 Å². The van der Waals surface area contributed by atoms with Gasteiger partial charge in [-0.15, -0.1) is 0 Å². The number of nitrogens with zero attached hydrogens (tertiary/aromatic N) is 1. The quantitative estimate of drug-likeness (QED) is 0.877. The highest BCUT2D eigenvalue weighted by Crippen LogP contribution is 2.30. The fraction of sp³-hybridized carbons (Fsp3) is 0.294. The molecule has 2 aromatic rings. The lowest BCUT2D eigenvalue weighted by molar-refractivity contribution is -0.137. The van der Waals surface area contributed by atoms with E-state index < -0.39 is 23.8 Å². The Morgan fingerprint density at radius 2 is 1.58 bits per heavy atom. The summed E-state index contributed by atoms with van der Waals surface area (Å²) >= 11 is 0. The molecule has 2 atom stereocenters. The molecule has 1 heterocycles. The van der Waals surface area contributed by atoms with Gasteiger partial charge in [0.25, 0.3) is 0 Å². The smallest absolute Gasteiger partial charge is 0.332 e. The van der Waals surface area contributed by atoms with E-state index >= 15 is 0 Å². The lowest BCUT2D eigenvalue weighted by atomic mass is 10.0. The summed E-state index contributed by atoms with van der Waals surface area (Å²) in [5.41, 5.74) is 0.530. The maximum absolute atomic E-state index is 12.7. The van der Waals surface area contributed by atoms with Gasteiger partial charge in [-0.05, 0) is 49.2 Å². The van der Waals surface area contributed by atoms with E-state index in [9.17, 15) is 18.0 Å². The third-order valence-electron chi connectivity index (χ3n) is 3.62. The molecule has 2 rings (SSSR count). The molecule has 4 nitrogen and oxygen atoms in total. The van der Waals surface area contributed by atoms with Crippen LogP contribution in [0, 0.1) is 0 Å². The second-order valence-corrected chi connectivity index (χ2v) is 5.46. The molecule has 0 radical (unpaired) electrons. The highest BCUT2D eigenvalue weighted by Gasteiger charge is 2.30. The normalized spacial score (nSPS) is 13.9. The van der Waals surface area contributed by atoms with Crippen LogP contribution in [0.1, 0.15) is 42.6 Å². The van der Waals surface area contributed by atoms with Gasteiger partial charge in [-0.1, -0.05) is 12.1 Å². The van der Waals surface area contributed by atoms with Gasteiger partial charge in [0.2, 0.25) is 0 Å². The van der Waals surface area contributed by atoms with Gasteiger partial charge in [0.1, 0.15) is 0 Å². The molecule has 7 heteroatoms. The van der Waals surface area contributed by atoms with E-state index in [1.165, 1.54) is 6.07 Å². The molecule has 0 spiro atoms. The van der Waals surface area contributed by atoms with E-state index in [-0.39, 0.29) is 6.04 Å². The zero-order chi connectivity index (χ0) is 17.7. The van der Waals surface area contributed by atoms with E-state index in [0.717, 1.165) is 17.7 Å². The van der Waals surface area contributed by atoms with Crippen molar-refractivity contribution in [3.8, 4) is 0 Å². The van der Waals surface area contributed by atoms with Gasteiger partial charge >= 0.3 is 12.2 Å². The van der Waals surface area contributed by atoms with Gasteiger partial charge in [0.15, 0.2) is 0 Å². The molecule has 2 unspecified atom stereocenters. The molecule has 0 aliphatic rings. The Labute approximate surface area is 138 Å². The minimum Gasteiger partial charge on any atom is -0.332 e. The molecule has 0 saturated carbocycles. The first kappa shape index (κ1) is 17.8. The summed E-state index contributed by atoms with van der Waals surface area (Å²) in [6.07, 6.45) is -1.17. The summed E-state index contributed by atoms with van der Waals surface area (Å²) in [7, 11) is 0. The maximum Gasteiger partial charge on any atom is 0.416 e. The van der Waals surface area contributed by atoms with Gasteiger partial charge in [0, 0.05) is 12.4 Å². The van der Waals surface area contributed by atoms with Crippen molar-refractivity contribution >= 4 is 6.03 Å². The zero-order valence-corrected chi connectivity index (χ0v) is 13.3. The second-order valence-electron chi connectivity index (χ2n) is 5.46. The van der Waals surface area contributed by atoms with Gasteiger partial charge < -0.3 is 10.6 Å². The molecule has 0 fully saturated rings. The van der Waals surface area contributed by atoms with Crippen LogP contribution in [0.3, 0.4) is 0 Å². The van der Waals surface area contributed by atoms with Gasteiger partial charge in [-0.3, -0.25) is 4.98 Å². The number of hydrogen-bond acceptors (Lipinski definition) is 2. The van der Waals surface area contributed by atoms with Crippen molar-refractivity contribution in [2.45, 2.75) is 32.1 Å². The number of benzene rings is 1. The molecule has 0 aliphatic carbocycles. The van der Waals surface area contributed by atoms with E-state index in [1.807, 2.05) is 6.92 Å². The Kier molecular flexibility index (Phi) is 5.43. The highest BCUT2D eigenvalue weighted by molar-refractivity contribution is 5.74. The number of hydrogen-bond donors (Lipinski definition) is 2. The number of urea groups is 1. The first-order chi connectivity index (χ1) is 11.3. The molecule has 0 saturated heterocycles. The monoisotopic (exact) mass is 337 g/mol. The number of rotatable bonds is 4. The van der Waals surface area contributed by atoms with E-state index in [1.54, 1.807) is 37.5 Å². The van der Waals surface area contributed by atoms with Crippen LogP contribution in [0.2, 0.25) is 0 Å².